The second kappa shape index (κ2) is 9.33. The molecule has 0 fully saturated rings. The zero-order valence-electron chi connectivity index (χ0n) is 16.2. The fourth-order valence-electron chi connectivity index (χ4n) is 2.74. The quantitative estimate of drug-likeness (QED) is 0.343. The number of benzene rings is 2. The van der Waals surface area contributed by atoms with E-state index in [1.165, 1.54) is 29.5 Å². The van der Waals surface area contributed by atoms with Crippen LogP contribution in [-0.2, 0) is 17.1 Å². The van der Waals surface area contributed by atoms with Gasteiger partial charge in [-0.2, -0.15) is 0 Å². The topological polar surface area (TPSA) is 103 Å². The van der Waals surface area contributed by atoms with Gasteiger partial charge in [-0.05, 0) is 24.6 Å². The summed E-state index contributed by atoms with van der Waals surface area (Å²) in [6.07, 6.45) is 0.376. The summed E-state index contributed by atoms with van der Waals surface area (Å²) < 4.78 is 1.82. The molecule has 0 saturated heterocycles. The van der Waals surface area contributed by atoms with Gasteiger partial charge in [0.05, 0.1) is 11.5 Å². The first-order valence-corrected chi connectivity index (χ1v) is 10.1. The maximum Gasteiger partial charge on any atom is 0.269 e. The molecular weight excluding hydrogens is 390 g/mol. The zero-order valence-corrected chi connectivity index (χ0v) is 17.0. The summed E-state index contributed by atoms with van der Waals surface area (Å²) in [5.41, 5.74) is 3.06. The van der Waals surface area contributed by atoms with E-state index in [0.717, 1.165) is 5.56 Å². The lowest BCUT2D eigenvalue weighted by atomic mass is 10.2. The monoisotopic (exact) mass is 411 g/mol. The van der Waals surface area contributed by atoms with E-state index in [1.807, 2.05) is 23.6 Å². The molecule has 0 atom stereocenters. The van der Waals surface area contributed by atoms with Crippen LogP contribution in [0.15, 0.2) is 53.7 Å². The number of rotatable bonds is 8. The van der Waals surface area contributed by atoms with Gasteiger partial charge in [0.1, 0.15) is 0 Å². The molecular formula is C20H21N5O3S. The van der Waals surface area contributed by atoms with E-state index in [1.54, 1.807) is 19.1 Å². The van der Waals surface area contributed by atoms with Crippen molar-refractivity contribution in [2.24, 2.45) is 0 Å². The first-order valence-electron chi connectivity index (χ1n) is 9.12. The number of hydrogen-bond donors (Lipinski definition) is 1. The Morgan fingerprint density at radius 1 is 1.21 bits per heavy atom. The van der Waals surface area contributed by atoms with Gasteiger partial charge in [0.15, 0.2) is 11.0 Å². The van der Waals surface area contributed by atoms with Crippen molar-refractivity contribution >= 4 is 23.4 Å². The Kier molecular flexibility index (Phi) is 6.61. The summed E-state index contributed by atoms with van der Waals surface area (Å²) in [5, 5.41) is 22.9. The Morgan fingerprint density at radius 2 is 1.97 bits per heavy atom. The smallest absolute Gasteiger partial charge is 0.269 e. The minimum absolute atomic E-state index is 0.0108. The third kappa shape index (κ3) is 5.20. The Balaban J connectivity index is 1.89. The fourth-order valence-corrected chi connectivity index (χ4v) is 3.66. The molecule has 1 amide bonds. The number of non-ortho nitro benzene ring substituents is 1. The molecule has 9 heteroatoms. The number of thioether (sulfide) groups is 1. The van der Waals surface area contributed by atoms with Gasteiger partial charge < -0.3 is 5.32 Å². The molecule has 3 rings (SSSR count). The van der Waals surface area contributed by atoms with Crippen LogP contribution in [0.4, 0.5) is 5.69 Å². The van der Waals surface area contributed by atoms with E-state index < -0.39 is 4.92 Å². The van der Waals surface area contributed by atoms with Crippen LogP contribution < -0.4 is 5.32 Å². The normalized spacial score (nSPS) is 10.7. The fraction of sp³-hybridized carbons (Fsp3) is 0.250. The number of nitrogens with one attached hydrogen (secondary N) is 1. The second-order valence-electron chi connectivity index (χ2n) is 6.42. The van der Waals surface area contributed by atoms with Gasteiger partial charge in [-0.3, -0.25) is 19.5 Å². The SMILES string of the molecule is CCC(=O)NCc1nnc(SCc2cccc(C)c2)n1-c1ccc([N+](=O)[O-])cc1. The van der Waals surface area contributed by atoms with Gasteiger partial charge in [-0.15, -0.1) is 10.2 Å². The lowest BCUT2D eigenvalue weighted by Gasteiger charge is -2.11. The van der Waals surface area contributed by atoms with Crippen molar-refractivity contribution < 1.29 is 9.72 Å². The van der Waals surface area contributed by atoms with Crippen LogP contribution in [0.5, 0.6) is 0 Å². The second-order valence-corrected chi connectivity index (χ2v) is 7.36. The molecule has 3 aromatic rings. The lowest BCUT2D eigenvalue weighted by Crippen LogP contribution is -2.23. The minimum atomic E-state index is -0.439. The summed E-state index contributed by atoms with van der Waals surface area (Å²) in [7, 11) is 0. The highest BCUT2D eigenvalue weighted by atomic mass is 32.2. The van der Waals surface area contributed by atoms with E-state index in [2.05, 4.69) is 27.6 Å². The van der Waals surface area contributed by atoms with Crippen molar-refractivity contribution in [3.05, 3.63) is 75.6 Å². The van der Waals surface area contributed by atoms with Gasteiger partial charge in [0, 0.05) is 30.0 Å². The van der Waals surface area contributed by atoms with E-state index in [9.17, 15) is 14.9 Å². The van der Waals surface area contributed by atoms with Crippen LogP contribution in [0.1, 0.15) is 30.3 Å². The maximum absolute atomic E-state index is 11.7. The number of nitro benzene ring substituents is 1. The van der Waals surface area contributed by atoms with Gasteiger partial charge in [0.25, 0.3) is 5.69 Å². The molecule has 0 radical (unpaired) electrons. The van der Waals surface area contributed by atoms with E-state index in [-0.39, 0.29) is 18.1 Å². The van der Waals surface area contributed by atoms with Crippen molar-refractivity contribution in [2.45, 2.75) is 37.7 Å². The van der Waals surface area contributed by atoms with Crippen molar-refractivity contribution in [1.82, 2.24) is 20.1 Å². The number of aromatic nitrogens is 3. The molecule has 1 heterocycles. The third-order valence-electron chi connectivity index (χ3n) is 4.23. The third-order valence-corrected chi connectivity index (χ3v) is 5.23. The number of amides is 1. The molecule has 150 valence electrons. The van der Waals surface area contributed by atoms with Gasteiger partial charge in [-0.25, -0.2) is 0 Å². The van der Waals surface area contributed by atoms with Crippen molar-refractivity contribution in [1.29, 1.82) is 0 Å². The largest absolute Gasteiger partial charge is 0.349 e. The zero-order chi connectivity index (χ0) is 20.8. The highest BCUT2D eigenvalue weighted by Crippen LogP contribution is 2.26. The number of aryl methyl sites for hydroxylation is 1. The van der Waals surface area contributed by atoms with Gasteiger partial charge >= 0.3 is 0 Å². The van der Waals surface area contributed by atoms with Gasteiger partial charge in [-0.1, -0.05) is 48.5 Å². The highest BCUT2D eigenvalue weighted by molar-refractivity contribution is 7.98. The van der Waals surface area contributed by atoms with Crippen LogP contribution in [-0.4, -0.2) is 25.6 Å². The van der Waals surface area contributed by atoms with Crippen LogP contribution in [0.2, 0.25) is 0 Å². The molecule has 2 aromatic carbocycles. The molecule has 1 aromatic heterocycles. The summed E-state index contributed by atoms with van der Waals surface area (Å²) >= 11 is 1.52. The molecule has 0 bridgehead atoms. The number of hydrogen-bond acceptors (Lipinski definition) is 6. The molecule has 0 aliphatic heterocycles. The van der Waals surface area contributed by atoms with E-state index >= 15 is 0 Å². The molecule has 0 aliphatic rings. The molecule has 0 spiro atoms. The Morgan fingerprint density at radius 3 is 2.62 bits per heavy atom. The standard InChI is InChI=1S/C20H21N5O3S/c1-3-19(26)21-12-18-22-23-20(29-13-15-6-4-5-14(2)11-15)24(18)16-7-9-17(10-8-16)25(27)28/h4-11H,3,12-13H2,1-2H3,(H,21,26). The highest BCUT2D eigenvalue weighted by Gasteiger charge is 2.16. The summed E-state index contributed by atoms with van der Waals surface area (Å²) in [4.78, 5) is 22.2. The number of nitro groups is 1. The van der Waals surface area contributed by atoms with Crippen LogP contribution in [0, 0.1) is 17.0 Å². The molecule has 8 nitrogen and oxygen atoms in total. The van der Waals surface area contributed by atoms with Crippen molar-refractivity contribution in [3.63, 3.8) is 0 Å². The number of nitrogens with zero attached hydrogens (tertiary/aromatic N) is 4. The Bertz CT molecular complexity index is 1020. The predicted octanol–water partition coefficient (Wildman–Crippen LogP) is 3.80. The summed E-state index contributed by atoms with van der Waals surface area (Å²) in [5.74, 6) is 1.18. The van der Waals surface area contributed by atoms with Crippen LogP contribution in [0.25, 0.3) is 5.69 Å². The van der Waals surface area contributed by atoms with E-state index in [0.29, 0.717) is 28.8 Å². The van der Waals surface area contributed by atoms with Crippen molar-refractivity contribution in [3.8, 4) is 5.69 Å². The Labute approximate surface area is 172 Å². The minimum Gasteiger partial charge on any atom is -0.349 e. The molecule has 0 saturated carbocycles. The first kappa shape index (κ1) is 20.5. The van der Waals surface area contributed by atoms with Crippen LogP contribution in [0.3, 0.4) is 0 Å². The summed E-state index contributed by atoms with van der Waals surface area (Å²) in [6.45, 7) is 4.04. The molecule has 0 unspecified atom stereocenters. The van der Waals surface area contributed by atoms with Crippen LogP contribution >= 0.6 is 11.8 Å². The predicted molar refractivity (Wildman–Crippen MR) is 111 cm³/mol. The summed E-state index contributed by atoms with van der Waals surface area (Å²) in [6, 6.07) is 14.4. The lowest BCUT2D eigenvalue weighted by molar-refractivity contribution is -0.384. The number of carbonyl (C=O) groups is 1. The Hall–Kier alpha value is -3.20. The molecule has 1 N–H and O–H groups in total. The van der Waals surface area contributed by atoms with Gasteiger partial charge in [0.2, 0.25) is 5.91 Å². The average Bonchev–Trinajstić information content (AvgIpc) is 3.13. The molecule has 29 heavy (non-hydrogen) atoms. The molecule has 0 aliphatic carbocycles. The average molecular weight is 411 g/mol. The van der Waals surface area contributed by atoms with E-state index in [4.69, 9.17) is 0 Å². The maximum atomic E-state index is 11.7. The number of carbonyl (C=O) groups excluding carboxylic acids is 1. The van der Waals surface area contributed by atoms with Crippen molar-refractivity contribution in [2.75, 3.05) is 0 Å². The first-order chi connectivity index (χ1) is 14.0.